The quantitative estimate of drug-likeness (QED) is 0.696. The molecule has 4 rings (SSSR count). The summed E-state index contributed by atoms with van der Waals surface area (Å²) in [4.78, 5) is 27.3. The minimum Gasteiger partial charge on any atom is -0.444 e. The molecule has 2 fully saturated rings. The van der Waals surface area contributed by atoms with Gasteiger partial charge in [-0.05, 0) is 64.7 Å². The first-order chi connectivity index (χ1) is 13.0. The van der Waals surface area contributed by atoms with Crippen molar-refractivity contribution in [1.29, 1.82) is 0 Å². The van der Waals surface area contributed by atoms with E-state index < -0.39 is 11.9 Å². The molecule has 0 aromatic heterocycles. The van der Waals surface area contributed by atoms with Crippen molar-refractivity contribution in [3.05, 3.63) is 23.8 Å². The average Bonchev–Trinajstić information content (AvgIpc) is 3.03. The highest BCUT2D eigenvalue weighted by Gasteiger charge is 2.47. The molecular formula is C20H23F2NO5. The number of rotatable bonds is 2. The summed E-state index contributed by atoms with van der Waals surface area (Å²) in [5.74, 6) is -0.606. The van der Waals surface area contributed by atoms with Crippen LogP contribution >= 0.6 is 0 Å². The number of benzene rings is 1. The van der Waals surface area contributed by atoms with Gasteiger partial charge in [0.05, 0.1) is 0 Å². The van der Waals surface area contributed by atoms with Gasteiger partial charge in [-0.25, -0.2) is 4.79 Å². The third kappa shape index (κ3) is 3.52. The predicted molar refractivity (Wildman–Crippen MR) is 94.6 cm³/mol. The van der Waals surface area contributed by atoms with E-state index in [4.69, 9.17) is 4.74 Å². The topological polar surface area (TPSA) is 65.1 Å². The van der Waals surface area contributed by atoms with Crippen LogP contribution in [0.25, 0.3) is 0 Å². The van der Waals surface area contributed by atoms with Gasteiger partial charge in [0.2, 0.25) is 0 Å². The number of hydrogen-bond acceptors (Lipinski definition) is 5. The SMILES string of the molecule is CC(C)(C)OC(=O)N1C2CCC1CC(C(=O)c1ccc3c(c1)OC(F)(F)O3)C2. The Labute approximate surface area is 161 Å². The minimum absolute atomic E-state index is 0.0408. The first kappa shape index (κ1) is 19.0. The number of fused-ring (bicyclic) bond motifs is 3. The predicted octanol–water partition coefficient (Wildman–Crippen LogP) is 4.37. The summed E-state index contributed by atoms with van der Waals surface area (Å²) in [5.41, 5.74) is -0.257. The van der Waals surface area contributed by atoms with Gasteiger partial charge in [0, 0.05) is 23.6 Å². The Morgan fingerprint density at radius 2 is 1.71 bits per heavy atom. The van der Waals surface area contributed by atoms with E-state index in [1.165, 1.54) is 18.2 Å². The molecule has 8 heteroatoms. The summed E-state index contributed by atoms with van der Waals surface area (Å²) in [7, 11) is 0. The second-order valence-electron chi connectivity index (χ2n) is 8.63. The molecule has 2 atom stereocenters. The first-order valence-electron chi connectivity index (χ1n) is 9.48. The molecule has 6 nitrogen and oxygen atoms in total. The van der Waals surface area contributed by atoms with Crippen molar-refractivity contribution < 1.29 is 32.6 Å². The molecule has 1 amide bonds. The highest BCUT2D eigenvalue weighted by molar-refractivity contribution is 5.98. The van der Waals surface area contributed by atoms with E-state index in [0.717, 1.165) is 12.8 Å². The van der Waals surface area contributed by atoms with E-state index in [0.29, 0.717) is 18.4 Å². The summed E-state index contributed by atoms with van der Waals surface area (Å²) in [6.45, 7) is 5.48. The second-order valence-corrected chi connectivity index (χ2v) is 8.63. The van der Waals surface area contributed by atoms with Crippen molar-refractivity contribution in [2.45, 2.75) is 70.4 Å². The van der Waals surface area contributed by atoms with Crippen LogP contribution in [-0.4, -0.2) is 40.8 Å². The van der Waals surface area contributed by atoms with Crippen LogP contribution in [0.3, 0.4) is 0 Å². The van der Waals surface area contributed by atoms with Gasteiger partial charge in [-0.15, -0.1) is 8.78 Å². The molecule has 2 saturated heterocycles. The van der Waals surface area contributed by atoms with Crippen LogP contribution in [0.4, 0.5) is 13.6 Å². The lowest BCUT2D eigenvalue weighted by Gasteiger charge is -2.39. The number of nitrogens with zero attached hydrogens (tertiary/aromatic N) is 1. The summed E-state index contributed by atoms with van der Waals surface area (Å²) >= 11 is 0. The smallest absolute Gasteiger partial charge is 0.444 e. The highest BCUT2D eigenvalue weighted by Crippen LogP contribution is 2.44. The summed E-state index contributed by atoms with van der Waals surface area (Å²) in [6, 6.07) is 4.03. The van der Waals surface area contributed by atoms with Crippen LogP contribution in [0.2, 0.25) is 0 Å². The number of ether oxygens (including phenoxy) is 3. The van der Waals surface area contributed by atoms with Gasteiger partial charge < -0.3 is 19.1 Å². The number of halogens is 2. The molecular weight excluding hydrogens is 372 g/mol. The van der Waals surface area contributed by atoms with Crippen molar-refractivity contribution in [3.8, 4) is 11.5 Å². The van der Waals surface area contributed by atoms with E-state index in [-0.39, 0.29) is 41.4 Å². The van der Waals surface area contributed by atoms with Gasteiger partial charge in [0.1, 0.15) is 5.60 Å². The fourth-order valence-electron chi connectivity index (χ4n) is 4.34. The molecule has 1 aromatic rings. The van der Waals surface area contributed by atoms with Gasteiger partial charge in [-0.2, -0.15) is 0 Å². The zero-order valence-electron chi connectivity index (χ0n) is 16.0. The molecule has 3 aliphatic heterocycles. The Bertz CT molecular complexity index is 805. The second kappa shape index (κ2) is 6.32. The molecule has 0 spiro atoms. The van der Waals surface area contributed by atoms with Gasteiger partial charge in [-0.1, -0.05) is 0 Å². The van der Waals surface area contributed by atoms with E-state index in [1.807, 2.05) is 20.8 Å². The number of piperidine rings is 1. The molecule has 2 bridgehead atoms. The summed E-state index contributed by atoms with van der Waals surface area (Å²) in [5, 5.41) is 0. The molecule has 0 N–H and O–H groups in total. The lowest BCUT2D eigenvalue weighted by atomic mass is 9.85. The molecule has 0 radical (unpaired) electrons. The van der Waals surface area contributed by atoms with Crippen LogP contribution in [0.1, 0.15) is 56.8 Å². The maximum absolute atomic E-state index is 13.2. The number of ketones is 1. The van der Waals surface area contributed by atoms with Crippen LogP contribution in [-0.2, 0) is 4.74 Å². The van der Waals surface area contributed by atoms with E-state index in [1.54, 1.807) is 4.90 Å². The van der Waals surface area contributed by atoms with Gasteiger partial charge in [0.25, 0.3) is 0 Å². The van der Waals surface area contributed by atoms with Gasteiger partial charge in [0.15, 0.2) is 17.3 Å². The van der Waals surface area contributed by atoms with E-state index in [2.05, 4.69) is 9.47 Å². The Kier molecular flexibility index (Phi) is 4.28. The largest absolute Gasteiger partial charge is 0.586 e. The lowest BCUT2D eigenvalue weighted by Crippen LogP contribution is -2.49. The van der Waals surface area contributed by atoms with Crippen LogP contribution < -0.4 is 9.47 Å². The summed E-state index contributed by atoms with van der Waals surface area (Å²) in [6.07, 6.45) is -1.29. The van der Waals surface area contributed by atoms with E-state index in [9.17, 15) is 18.4 Å². The third-order valence-electron chi connectivity index (χ3n) is 5.39. The van der Waals surface area contributed by atoms with Crippen molar-refractivity contribution in [1.82, 2.24) is 4.90 Å². The van der Waals surface area contributed by atoms with Gasteiger partial charge >= 0.3 is 12.4 Å². The molecule has 1 aromatic carbocycles. The molecule has 28 heavy (non-hydrogen) atoms. The Hall–Kier alpha value is -2.38. The maximum atomic E-state index is 13.2. The normalized spacial score (nSPS) is 27.6. The minimum atomic E-state index is -3.71. The van der Waals surface area contributed by atoms with Crippen LogP contribution in [0.5, 0.6) is 11.5 Å². The Morgan fingerprint density at radius 1 is 1.11 bits per heavy atom. The number of Topliss-reactive ketones (excluding diaryl/α,β-unsaturated/α-hetero) is 1. The summed E-state index contributed by atoms with van der Waals surface area (Å²) < 4.78 is 40.7. The van der Waals surface area contributed by atoms with Crippen molar-refractivity contribution in [2.24, 2.45) is 5.92 Å². The Balaban J connectivity index is 1.47. The van der Waals surface area contributed by atoms with Crippen molar-refractivity contribution in [2.75, 3.05) is 0 Å². The first-order valence-corrected chi connectivity index (χ1v) is 9.48. The number of amides is 1. The third-order valence-corrected chi connectivity index (χ3v) is 5.39. The van der Waals surface area contributed by atoms with Crippen LogP contribution in [0.15, 0.2) is 18.2 Å². The monoisotopic (exact) mass is 395 g/mol. The standard InChI is InChI=1S/C20H23F2NO5/c1-19(2,3)28-18(25)23-13-5-6-14(23)9-12(8-13)17(24)11-4-7-15-16(10-11)27-20(21,22)26-15/h4,7,10,12-14H,5-6,8-9H2,1-3H3. The molecule has 2 unspecified atom stereocenters. The lowest BCUT2D eigenvalue weighted by molar-refractivity contribution is -0.286. The number of alkyl halides is 2. The van der Waals surface area contributed by atoms with E-state index >= 15 is 0 Å². The highest BCUT2D eigenvalue weighted by atomic mass is 19.3. The number of carbonyl (C=O) groups is 2. The Morgan fingerprint density at radius 3 is 2.32 bits per heavy atom. The molecule has 0 saturated carbocycles. The molecule has 152 valence electrons. The fraction of sp³-hybridized carbons (Fsp3) is 0.600. The van der Waals surface area contributed by atoms with Gasteiger partial charge in [-0.3, -0.25) is 4.79 Å². The number of carbonyl (C=O) groups excluding carboxylic acids is 2. The average molecular weight is 395 g/mol. The fourth-order valence-corrected chi connectivity index (χ4v) is 4.34. The number of hydrogen-bond donors (Lipinski definition) is 0. The zero-order valence-corrected chi connectivity index (χ0v) is 16.0. The van der Waals surface area contributed by atoms with Crippen LogP contribution in [0, 0.1) is 5.92 Å². The van der Waals surface area contributed by atoms with Crippen molar-refractivity contribution >= 4 is 11.9 Å². The van der Waals surface area contributed by atoms with Crippen molar-refractivity contribution in [3.63, 3.8) is 0 Å². The zero-order chi connectivity index (χ0) is 20.3. The molecule has 3 aliphatic rings. The molecule has 3 heterocycles. The molecule has 0 aliphatic carbocycles. The maximum Gasteiger partial charge on any atom is 0.586 e.